The molecule has 0 radical (unpaired) electrons. The van der Waals surface area contributed by atoms with Crippen LogP contribution in [0.2, 0.25) is 25.7 Å². The summed E-state index contributed by atoms with van der Waals surface area (Å²) in [5.41, 5.74) is 1.80. The van der Waals surface area contributed by atoms with E-state index in [1.165, 1.54) is 10.1 Å². The second-order valence-electron chi connectivity index (χ2n) is 11.6. The molecule has 0 spiro atoms. The van der Waals surface area contributed by atoms with E-state index in [9.17, 15) is 13.2 Å². The Balaban J connectivity index is 1.36. The van der Waals surface area contributed by atoms with Gasteiger partial charge in [-0.05, 0) is 74.4 Å². The van der Waals surface area contributed by atoms with Gasteiger partial charge in [-0.3, -0.25) is 4.98 Å². The van der Waals surface area contributed by atoms with Gasteiger partial charge in [-0.2, -0.15) is 13.2 Å². The molecule has 38 heavy (non-hydrogen) atoms. The lowest BCUT2D eigenvalue weighted by Crippen LogP contribution is -2.22. The van der Waals surface area contributed by atoms with Crippen molar-refractivity contribution in [1.29, 1.82) is 0 Å². The van der Waals surface area contributed by atoms with Crippen LogP contribution in [0.5, 0.6) is 5.75 Å². The lowest BCUT2D eigenvalue weighted by atomic mass is 9.80. The summed E-state index contributed by atoms with van der Waals surface area (Å²) >= 11 is 0. The molecular formula is C29H38F3N3O2Si. The Morgan fingerprint density at radius 3 is 2.45 bits per heavy atom. The summed E-state index contributed by atoms with van der Waals surface area (Å²) in [7, 11) is -1.29. The van der Waals surface area contributed by atoms with Crippen LogP contribution < -0.4 is 4.74 Å². The maximum absolute atomic E-state index is 13.4. The first-order valence-electron chi connectivity index (χ1n) is 13.4. The maximum atomic E-state index is 13.4. The molecule has 0 amide bonds. The molecule has 1 saturated carbocycles. The summed E-state index contributed by atoms with van der Waals surface area (Å²) in [5, 5.41) is 0. The number of pyridine rings is 1. The van der Waals surface area contributed by atoms with Crippen molar-refractivity contribution in [2.24, 2.45) is 5.92 Å². The van der Waals surface area contributed by atoms with E-state index in [2.05, 4.69) is 48.7 Å². The molecular weight excluding hydrogens is 507 g/mol. The van der Waals surface area contributed by atoms with Crippen LogP contribution in [-0.4, -0.2) is 35.8 Å². The van der Waals surface area contributed by atoms with Crippen molar-refractivity contribution in [3.8, 4) is 17.1 Å². The maximum Gasteiger partial charge on any atom is 0.434 e. The SMILES string of the molecule is Cc1cccc(OC[C@H]2CC[C@H](c3ccc(-c4nc(C(F)(F)F)cn4COCC[Si](C)(C)C)cn3)CC2)c1. The molecule has 1 aliphatic rings. The van der Waals surface area contributed by atoms with Crippen molar-refractivity contribution >= 4 is 8.07 Å². The third kappa shape index (κ3) is 7.93. The largest absolute Gasteiger partial charge is 0.493 e. The standard InChI is InChI=1S/C29H38F3N3O2Si/c1-21-6-5-7-25(16-21)37-19-22-8-10-23(11-9-22)26-13-12-24(17-33-26)28-34-27(29(30,31)32)18-35(28)20-36-14-15-38(2,3)4/h5-7,12-13,16-18,22-23H,8-11,14-15,19-20H2,1-4H3/t22-,23-. The fourth-order valence-electron chi connectivity index (χ4n) is 4.75. The highest BCUT2D eigenvalue weighted by atomic mass is 28.3. The molecule has 0 aliphatic heterocycles. The smallest absolute Gasteiger partial charge is 0.434 e. The first-order valence-corrected chi connectivity index (χ1v) is 17.1. The fraction of sp³-hybridized carbons (Fsp3) is 0.517. The van der Waals surface area contributed by atoms with Crippen LogP contribution in [0.15, 0.2) is 48.8 Å². The number of alkyl halides is 3. The number of hydrogen-bond donors (Lipinski definition) is 0. The van der Waals surface area contributed by atoms with Crippen molar-refractivity contribution in [1.82, 2.24) is 14.5 Å². The van der Waals surface area contributed by atoms with Gasteiger partial charge in [0, 0.05) is 44.2 Å². The molecule has 0 saturated heterocycles. The molecule has 1 aliphatic carbocycles. The Labute approximate surface area is 224 Å². The van der Waals surface area contributed by atoms with Crippen molar-refractivity contribution in [3.05, 3.63) is 65.7 Å². The first kappa shape index (κ1) is 28.4. The zero-order valence-corrected chi connectivity index (χ0v) is 23.7. The quantitative estimate of drug-likeness (QED) is 0.192. The summed E-state index contributed by atoms with van der Waals surface area (Å²) in [4.78, 5) is 8.54. The van der Waals surface area contributed by atoms with Gasteiger partial charge in [0.1, 0.15) is 18.3 Å². The van der Waals surface area contributed by atoms with Gasteiger partial charge in [-0.1, -0.05) is 31.8 Å². The average molecular weight is 546 g/mol. The van der Waals surface area contributed by atoms with E-state index in [0.29, 0.717) is 30.6 Å². The molecule has 0 N–H and O–H groups in total. The lowest BCUT2D eigenvalue weighted by Gasteiger charge is -2.28. The Morgan fingerprint density at radius 1 is 1.05 bits per heavy atom. The second kappa shape index (κ2) is 12.0. The Bertz CT molecular complexity index is 1180. The van der Waals surface area contributed by atoms with Crippen molar-refractivity contribution in [2.75, 3.05) is 13.2 Å². The van der Waals surface area contributed by atoms with Gasteiger partial charge in [-0.25, -0.2) is 4.98 Å². The second-order valence-corrected chi connectivity index (χ2v) is 17.2. The van der Waals surface area contributed by atoms with Gasteiger partial charge in [0.15, 0.2) is 5.69 Å². The van der Waals surface area contributed by atoms with E-state index >= 15 is 0 Å². The molecule has 3 aromatic rings. The number of halogens is 3. The third-order valence-electron chi connectivity index (χ3n) is 7.08. The van der Waals surface area contributed by atoms with Crippen LogP contribution in [0, 0.1) is 12.8 Å². The number of benzene rings is 1. The lowest BCUT2D eigenvalue weighted by molar-refractivity contribution is -0.141. The molecule has 2 aromatic heterocycles. The van der Waals surface area contributed by atoms with Gasteiger partial charge < -0.3 is 14.0 Å². The molecule has 5 nitrogen and oxygen atoms in total. The number of hydrogen-bond acceptors (Lipinski definition) is 4. The monoisotopic (exact) mass is 545 g/mol. The molecule has 9 heteroatoms. The molecule has 206 valence electrons. The van der Waals surface area contributed by atoms with Gasteiger partial charge in [0.2, 0.25) is 0 Å². The number of nitrogens with zero attached hydrogens (tertiary/aromatic N) is 3. The van der Waals surface area contributed by atoms with E-state index in [0.717, 1.165) is 49.4 Å². The molecule has 1 aromatic carbocycles. The summed E-state index contributed by atoms with van der Waals surface area (Å²) in [6.07, 6.45) is 2.31. The fourth-order valence-corrected chi connectivity index (χ4v) is 5.50. The Hall–Kier alpha value is -2.65. The minimum atomic E-state index is -4.52. The minimum absolute atomic E-state index is 0.0271. The number of rotatable bonds is 10. The number of aromatic nitrogens is 3. The van der Waals surface area contributed by atoms with Crippen molar-refractivity contribution in [3.63, 3.8) is 0 Å². The predicted octanol–water partition coefficient (Wildman–Crippen LogP) is 7.94. The van der Waals surface area contributed by atoms with Crippen LogP contribution in [-0.2, 0) is 17.6 Å². The zero-order chi connectivity index (χ0) is 27.3. The zero-order valence-electron chi connectivity index (χ0n) is 22.7. The highest BCUT2D eigenvalue weighted by Crippen LogP contribution is 2.36. The van der Waals surface area contributed by atoms with E-state index in [-0.39, 0.29) is 12.6 Å². The summed E-state index contributed by atoms with van der Waals surface area (Å²) < 4.78 is 53.4. The topological polar surface area (TPSA) is 49.2 Å². The van der Waals surface area contributed by atoms with E-state index in [1.807, 2.05) is 24.3 Å². The first-order chi connectivity index (χ1) is 18.0. The van der Waals surface area contributed by atoms with Gasteiger partial charge in [0.05, 0.1) is 6.61 Å². The van der Waals surface area contributed by atoms with Gasteiger partial charge >= 0.3 is 6.18 Å². The van der Waals surface area contributed by atoms with Gasteiger partial charge in [-0.15, -0.1) is 0 Å². The van der Waals surface area contributed by atoms with E-state index < -0.39 is 19.9 Å². The molecule has 0 bridgehead atoms. The summed E-state index contributed by atoms with van der Waals surface area (Å²) in [5.74, 6) is 1.99. The van der Waals surface area contributed by atoms with Crippen LogP contribution in [0.25, 0.3) is 11.4 Å². The average Bonchev–Trinajstić information content (AvgIpc) is 3.30. The van der Waals surface area contributed by atoms with Crippen LogP contribution in [0.3, 0.4) is 0 Å². The van der Waals surface area contributed by atoms with Gasteiger partial charge in [0.25, 0.3) is 0 Å². The van der Waals surface area contributed by atoms with Crippen molar-refractivity contribution in [2.45, 2.75) is 77.1 Å². The number of ether oxygens (including phenoxy) is 2. The normalized spacial score (nSPS) is 18.5. The third-order valence-corrected chi connectivity index (χ3v) is 8.78. The van der Waals surface area contributed by atoms with Crippen molar-refractivity contribution < 1.29 is 22.6 Å². The number of aryl methyl sites for hydroxylation is 1. The van der Waals surface area contributed by atoms with E-state index in [4.69, 9.17) is 9.47 Å². The van der Waals surface area contributed by atoms with Crippen LogP contribution in [0.1, 0.15) is 48.6 Å². The molecule has 2 heterocycles. The molecule has 0 atom stereocenters. The van der Waals surface area contributed by atoms with E-state index in [1.54, 1.807) is 6.20 Å². The summed E-state index contributed by atoms with van der Waals surface area (Å²) in [6, 6.07) is 12.8. The predicted molar refractivity (Wildman–Crippen MR) is 146 cm³/mol. The Morgan fingerprint density at radius 2 is 1.82 bits per heavy atom. The molecule has 0 unspecified atom stereocenters. The van der Waals surface area contributed by atoms with Crippen LogP contribution in [0.4, 0.5) is 13.2 Å². The highest BCUT2D eigenvalue weighted by molar-refractivity contribution is 6.76. The summed E-state index contributed by atoms with van der Waals surface area (Å²) in [6.45, 7) is 10.0. The Kier molecular flexibility index (Phi) is 8.98. The highest BCUT2D eigenvalue weighted by Gasteiger charge is 2.35. The number of imidazole rings is 1. The molecule has 4 rings (SSSR count). The van der Waals surface area contributed by atoms with Crippen LogP contribution >= 0.6 is 0 Å². The minimum Gasteiger partial charge on any atom is -0.493 e. The molecule has 1 fully saturated rings.